The first-order chi connectivity index (χ1) is 11.2. The van der Waals surface area contributed by atoms with Crippen molar-refractivity contribution in [3.8, 4) is 5.69 Å². The first kappa shape index (κ1) is 18.2. The molecule has 1 atom stereocenters. The molecule has 1 unspecified atom stereocenters. The zero-order valence-corrected chi connectivity index (χ0v) is 14.3. The van der Waals surface area contributed by atoms with E-state index in [9.17, 15) is 9.59 Å². The quantitative estimate of drug-likeness (QED) is 0.912. The maximum Gasteiger partial charge on any atom is 0.274 e. The minimum Gasteiger partial charge on any atom is -0.336 e. The minimum absolute atomic E-state index is 0. The van der Waals surface area contributed by atoms with E-state index in [1.165, 1.54) is 16.8 Å². The lowest BCUT2D eigenvalue weighted by Crippen LogP contribution is -2.47. The second kappa shape index (κ2) is 8.08. The summed E-state index contributed by atoms with van der Waals surface area (Å²) in [6, 6.07) is 12.3. The number of hydrogen-bond donors (Lipinski definition) is 1. The minimum atomic E-state index is -0.250. The average Bonchev–Trinajstić information content (AvgIpc) is 2.62. The van der Waals surface area contributed by atoms with Crippen molar-refractivity contribution in [1.82, 2.24) is 20.0 Å². The third-order valence-electron chi connectivity index (χ3n) is 4.14. The summed E-state index contributed by atoms with van der Waals surface area (Å²) in [7, 11) is 1.91. The van der Waals surface area contributed by atoms with E-state index in [0.29, 0.717) is 24.0 Å². The molecule has 7 heteroatoms. The van der Waals surface area contributed by atoms with Crippen LogP contribution < -0.4 is 10.9 Å². The predicted molar refractivity (Wildman–Crippen MR) is 95.1 cm³/mol. The Hall–Kier alpha value is -2.18. The van der Waals surface area contributed by atoms with Crippen molar-refractivity contribution in [2.24, 2.45) is 0 Å². The summed E-state index contributed by atoms with van der Waals surface area (Å²) >= 11 is 0. The van der Waals surface area contributed by atoms with Gasteiger partial charge < -0.3 is 10.2 Å². The summed E-state index contributed by atoms with van der Waals surface area (Å²) in [5, 5.41) is 7.48. The molecule has 24 heavy (non-hydrogen) atoms. The van der Waals surface area contributed by atoms with Crippen molar-refractivity contribution in [3.63, 3.8) is 0 Å². The van der Waals surface area contributed by atoms with Gasteiger partial charge in [-0.3, -0.25) is 9.59 Å². The van der Waals surface area contributed by atoms with E-state index in [1.54, 1.807) is 17.0 Å². The molecule has 1 amide bonds. The van der Waals surface area contributed by atoms with E-state index in [-0.39, 0.29) is 23.9 Å². The van der Waals surface area contributed by atoms with Crippen LogP contribution in [0.3, 0.4) is 0 Å². The van der Waals surface area contributed by atoms with Crippen LogP contribution in [0.5, 0.6) is 0 Å². The number of rotatable bonds is 3. The number of carbonyl (C=O) groups excluding carboxylic acids is 1. The van der Waals surface area contributed by atoms with Gasteiger partial charge in [0, 0.05) is 25.2 Å². The molecule has 1 N–H and O–H groups in total. The van der Waals surface area contributed by atoms with Gasteiger partial charge in [0.15, 0.2) is 0 Å². The number of carbonyl (C=O) groups is 1. The molecular formula is C17H21ClN4O2. The molecule has 1 fully saturated rings. The molecule has 1 aliphatic rings. The van der Waals surface area contributed by atoms with E-state index in [1.807, 2.05) is 25.2 Å². The average molecular weight is 349 g/mol. The van der Waals surface area contributed by atoms with Crippen LogP contribution in [-0.4, -0.2) is 46.8 Å². The van der Waals surface area contributed by atoms with Crippen LogP contribution in [0, 0.1) is 0 Å². The molecule has 0 saturated carbocycles. The summed E-state index contributed by atoms with van der Waals surface area (Å²) in [5.74, 6) is -0.130. The van der Waals surface area contributed by atoms with Crippen molar-refractivity contribution in [2.45, 2.75) is 18.9 Å². The number of para-hydroxylation sites is 1. The second-order valence-electron chi connectivity index (χ2n) is 5.68. The third kappa shape index (κ3) is 3.83. The first-order valence-electron chi connectivity index (χ1n) is 7.81. The standard InChI is InChI=1S/C17H20N4O2.ClH/c1-18-13-6-5-11-20(12-13)17(23)15-9-10-16(22)21(19-15)14-7-3-2-4-8-14;/h2-4,7-10,13,18H,5-6,11-12H2,1H3;1H. The van der Waals surface area contributed by atoms with E-state index < -0.39 is 0 Å². The second-order valence-corrected chi connectivity index (χ2v) is 5.68. The van der Waals surface area contributed by atoms with Gasteiger partial charge in [-0.1, -0.05) is 18.2 Å². The number of hydrogen-bond acceptors (Lipinski definition) is 4. The fraction of sp³-hybridized carbons (Fsp3) is 0.353. The number of halogens is 1. The fourth-order valence-corrected chi connectivity index (χ4v) is 2.84. The van der Waals surface area contributed by atoms with Gasteiger partial charge in [0.05, 0.1) is 5.69 Å². The molecule has 6 nitrogen and oxygen atoms in total. The first-order valence-corrected chi connectivity index (χ1v) is 7.81. The Morgan fingerprint density at radius 2 is 1.96 bits per heavy atom. The summed E-state index contributed by atoms with van der Waals surface area (Å²) in [6.07, 6.45) is 2.03. The van der Waals surface area contributed by atoms with Gasteiger partial charge in [-0.15, -0.1) is 12.4 Å². The van der Waals surface area contributed by atoms with Crippen LogP contribution in [0.15, 0.2) is 47.3 Å². The van der Waals surface area contributed by atoms with E-state index in [0.717, 1.165) is 19.4 Å². The van der Waals surface area contributed by atoms with Crippen molar-refractivity contribution in [1.29, 1.82) is 0 Å². The Morgan fingerprint density at radius 3 is 2.67 bits per heavy atom. The predicted octanol–water partition coefficient (Wildman–Crippen LogP) is 1.48. The topological polar surface area (TPSA) is 67.2 Å². The van der Waals surface area contributed by atoms with Crippen LogP contribution in [-0.2, 0) is 0 Å². The molecule has 1 aromatic heterocycles. The molecule has 3 rings (SSSR count). The highest BCUT2D eigenvalue weighted by Gasteiger charge is 2.24. The monoisotopic (exact) mass is 348 g/mol. The van der Waals surface area contributed by atoms with E-state index in [2.05, 4.69) is 10.4 Å². The molecule has 2 heterocycles. The number of amides is 1. The van der Waals surface area contributed by atoms with Gasteiger partial charge in [-0.05, 0) is 38.1 Å². The van der Waals surface area contributed by atoms with Gasteiger partial charge >= 0.3 is 0 Å². The molecule has 128 valence electrons. The van der Waals surface area contributed by atoms with Crippen molar-refractivity contribution >= 4 is 18.3 Å². The van der Waals surface area contributed by atoms with Crippen molar-refractivity contribution in [3.05, 3.63) is 58.5 Å². The summed E-state index contributed by atoms with van der Waals surface area (Å²) in [4.78, 5) is 26.5. The van der Waals surface area contributed by atoms with Gasteiger partial charge in [0.25, 0.3) is 11.5 Å². The number of nitrogens with zero attached hydrogens (tertiary/aromatic N) is 3. The lowest BCUT2D eigenvalue weighted by Gasteiger charge is -2.32. The number of piperidine rings is 1. The van der Waals surface area contributed by atoms with Crippen LogP contribution in [0.1, 0.15) is 23.3 Å². The van der Waals surface area contributed by atoms with Gasteiger partial charge in [-0.25, -0.2) is 0 Å². The van der Waals surface area contributed by atoms with Crippen molar-refractivity contribution in [2.75, 3.05) is 20.1 Å². The Bertz CT molecular complexity index is 748. The molecule has 1 aromatic carbocycles. The number of benzene rings is 1. The highest BCUT2D eigenvalue weighted by molar-refractivity contribution is 5.92. The van der Waals surface area contributed by atoms with Crippen LogP contribution in [0.2, 0.25) is 0 Å². The number of likely N-dealkylation sites (tertiary alicyclic amines) is 1. The molecule has 0 aliphatic carbocycles. The zero-order chi connectivity index (χ0) is 16.2. The lowest BCUT2D eigenvalue weighted by atomic mass is 10.1. The van der Waals surface area contributed by atoms with Gasteiger partial charge in [0.2, 0.25) is 0 Å². The fourth-order valence-electron chi connectivity index (χ4n) is 2.84. The number of aromatic nitrogens is 2. The molecule has 1 aliphatic heterocycles. The molecule has 0 spiro atoms. The van der Waals surface area contributed by atoms with Crippen molar-refractivity contribution < 1.29 is 4.79 Å². The Balaban J connectivity index is 0.00000208. The van der Waals surface area contributed by atoms with Gasteiger partial charge in [-0.2, -0.15) is 9.78 Å². The van der Waals surface area contributed by atoms with E-state index >= 15 is 0 Å². The molecule has 2 aromatic rings. The van der Waals surface area contributed by atoms with Crippen LogP contribution in [0.4, 0.5) is 0 Å². The maximum atomic E-state index is 12.7. The zero-order valence-electron chi connectivity index (χ0n) is 13.5. The lowest BCUT2D eigenvalue weighted by molar-refractivity contribution is 0.0690. The molecule has 0 bridgehead atoms. The maximum absolute atomic E-state index is 12.7. The van der Waals surface area contributed by atoms with Crippen LogP contribution >= 0.6 is 12.4 Å². The largest absolute Gasteiger partial charge is 0.336 e. The Kier molecular flexibility index (Phi) is 6.11. The normalized spacial score (nSPS) is 17.2. The van der Waals surface area contributed by atoms with E-state index in [4.69, 9.17) is 0 Å². The smallest absolute Gasteiger partial charge is 0.274 e. The molecule has 0 radical (unpaired) electrons. The van der Waals surface area contributed by atoms with Crippen LogP contribution in [0.25, 0.3) is 5.69 Å². The molecule has 1 saturated heterocycles. The number of likely N-dealkylation sites (N-methyl/N-ethyl adjacent to an activating group) is 1. The summed E-state index contributed by atoms with van der Waals surface area (Å²) in [6.45, 7) is 1.39. The SMILES string of the molecule is CNC1CCCN(C(=O)c2ccc(=O)n(-c3ccccc3)n2)C1.Cl. The number of nitrogens with one attached hydrogen (secondary N) is 1. The highest BCUT2D eigenvalue weighted by Crippen LogP contribution is 2.12. The van der Waals surface area contributed by atoms with Gasteiger partial charge in [0.1, 0.15) is 5.69 Å². The Morgan fingerprint density at radius 1 is 1.21 bits per heavy atom. The Labute approximate surface area is 146 Å². The summed E-state index contributed by atoms with van der Waals surface area (Å²) in [5.41, 5.74) is 0.698. The summed E-state index contributed by atoms with van der Waals surface area (Å²) < 4.78 is 1.27. The highest BCUT2D eigenvalue weighted by atomic mass is 35.5. The molecular weight excluding hydrogens is 328 g/mol. The third-order valence-corrected chi connectivity index (χ3v) is 4.14.